The molecule has 6 heteroatoms. The summed E-state index contributed by atoms with van der Waals surface area (Å²) in [6.45, 7) is 0.293. The molecule has 1 saturated carbocycles. The molecule has 0 bridgehead atoms. The molecule has 0 aliphatic heterocycles. The number of sulfonamides is 1. The maximum absolute atomic E-state index is 12.9. The van der Waals surface area contributed by atoms with Crippen LogP contribution in [0.2, 0.25) is 0 Å². The van der Waals surface area contributed by atoms with Gasteiger partial charge in [0.15, 0.2) is 0 Å². The minimum absolute atomic E-state index is 0.0505. The molecule has 0 atom stereocenters. The molecular formula is C24H24N2O3S. The first-order chi connectivity index (χ1) is 14.4. The van der Waals surface area contributed by atoms with Crippen LogP contribution in [0.3, 0.4) is 0 Å². The normalized spacial score (nSPS) is 15.0. The molecule has 0 unspecified atom stereocenters. The first-order valence-electron chi connectivity index (χ1n) is 9.89. The SMILES string of the molecule is CN(Cc1ccccc1)S(=O)(=O)c1ccc(NC(=O)C2(c3ccccc3)CC2)cc1. The zero-order chi connectivity index (χ0) is 21.2. The van der Waals surface area contributed by atoms with Crippen LogP contribution in [0.4, 0.5) is 5.69 Å². The summed E-state index contributed by atoms with van der Waals surface area (Å²) in [4.78, 5) is 13.1. The van der Waals surface area contributed by atoms with E-state index in [1.54, 1.807) is 19.2 Å². The van der Waals surface area contributed by atoms with E-state index in [0.717, 1.165) is 24.0 Å². The Morgan fingerprint density at radius 1 is 0.900 bits per heavy atom. The fraction of sp³-hybridized carbons (Fsp3) is 0.208. The monoisotopic (exact) mass is 420 g/mol. The van der Waals surface area contributed by atoms with Gasteiger partial charge < -0.3 is 5.32 Å². The lowest BCUT2D eigenvalue weighted by Crippen LogP contribution is -2.28. The van der Waals surface area contributed by atoms with Crippen molar-refractivity contribution in [2.24, 2.45) is 0 Å². The standard InChI is InChI=1S/C24H24N2O3S/c1-26(18-19-8-4-2-5-9-19)30(28,29)22-14-12-21(13-15-22)25-23(27)24(16-17-24)20-10-6-3-7-11-20/h2-15H,16-18H2,1H3,(H,25,27). The number of anilines is 1. The largest absolute Gasteiger partial charge is 0.325 e. The van der Waals surface area contributed by atoms with Crippen molar-refractivity contribution < 1.29 is 13.2 Å². The molecule has 4 rings (SSSR count). The van der Waals surface area contributed by atoms with Crippen molar-refractivity contribution in [3.05, 3.63) is 96.1 Å². The van der Waals surface area contributed by atoms with Crippen LogP contribution in [-0.4, -0.2) is 25.7 Å². The van der Waals surface area contributed by atoms with Gasteiger partial charge in [0, 0.05) is 19.3 Å². The Morgan fingerprint density at radius 3 is 2.03 bits per heavy atom. The highest BCUT2D eigenvalue weighted by atomic mass is 32.2. The van der Waals surface area contributed by atoms with E-state index in [9.17, 15) is 13.2 Å². The number of nitrogens with zero attached hydrogens (tertiary/aromatic N) is 1. The molecule has 1 amide bonds. The third-order valence-electron chi connectivity index (χ3n) is 5.58. The molecule has 1 aliphatic carbocycles. The Balaban J connectivity index is 1.45. The lowest BCUT2D eigenvalue weighted by atomic mass is 9.95. The molecule has 0 spiro atoms. The van der Waals surface area contributed by atoms with E-state index in [0.29, 0.717) is 12.2 Å². The summed E-state index contributed by atoms with van der Waals surface area (Å²) in [7, 11) is -2.06. The van der Waals surface area contributed by atoms with Crippen LogP contribution in [-0.2, 0) is 26.8 Å². The number of rotatable bonds is 7. The average Bonchev–Trinajstić information content (AvgIpc) is 3.58. The van der Waals surface area contributed by atoms with Gasteiger partial charge >= 0.3 is 0 Å². The number of hydrogen-bond acceptors (Lipinski definition) is 3. The van der Waals surface area contributed by atoms with E-state index in [-0.39, 0.29) is 10.8 Å². The highest BCUT2D eigenvalue weighted by molar-refractivity contribution is 7.89. The van der Waals surface area contributed by atoms with Gasteiger partial charge in [0.1, 0.15) is 0 Å². The van der Waals surface area contributed by atoms with E-state index in [1.807, 2.05) is 60.7 Å². The molecule has 0 radical (unpaired) electrons. The molecule has 1 fully saturated rings. The zero-order valence-electron chi connectivity index (χ0n) is 16.8. The fourth-order valence-corrected chi connectivity index (χ4v) is 4.75. The van der Waals surface area contributed by atoms with E-state index in [4.69, 9.17) is 0 Å². The van der Waals surface area contributed by atoms with Gasteiger partial charge in [0.25, 0.3) is 0 Å². The van der Waals surface area contributed by atoms with Crippen LogP contribution in [0.25, 0.3) is 0 Å². The number of nitrogens with one attached hydrogen (secondary N) is 1. The third-order valence-corrected chi connectivity index (χ3v) is 7.40. The second-order valence-electron chi connectivity index (χ2n) is 7.67. The van der Waals surface area contributed by atoms with Crippen molar-refractivity contribution in [3.63, 3.8) is 0 Å². The minimum Gasteiger partial charge on any atom is -0.325 e. The molecule has 0 aromatic heterocycles. The van der Waals surface area contributed by atoms with Crippen molar-refractivity contribution in [1.82, 2.24) is 4.31 Å². The van der Waals surface area contributed by atoms with Crippen LogP contribution in [0, 0.1) is 0 Å². The molecule has 3 aromatic carbocycles. The second kappa shape index (κ2) is 8.05. The van der Waals surface area contributed by atoms with Crippen LogP contribution in [0.5, 0.6) is 0 Å². The Morgan fingerprint density at radius 2 is 1.47 bits per heavy atom. The van der Waals surface area contributed by atoms with Gasteiger partial charge in [-0.15, -0.1) is 0 Å². The van der Waals surface area contributed by atoms with Crippen LogP contribution in [0.15, 0.2) is 89.8 Å². The van der Waals surface area contributed by atoms with Gasteiger partial charge in [0.2, 0.25) is 15.9 Å². The predicted octanol–water partition coefficient (Wildman–Crippen LogP) is 4.18. The minimum atomic E-state index is -3.62. The van der Waals surface area contributed by atoms with Crippen LogP contribution in [0.1, 0.15) is 24.0 Å². The quantitative estimate of drug-likeness (QED) is 0.624. The lowest BCUT2D eigenvalue weighted by Gasteiger charge is -2.18. The molecule has 5 nitrogen and oxygen atoms in total. The Labute approximate surface area is 177 Å². The summed E-state index contributed by atoms with van der Waals surface area (Å²) >= 11 is 0. The Hall–Kier alpha value is -2.96. The van der Waals surface area contributed by atoms with Gasteiger partial charge in [0.05, 0.1) is 10.3 Å². The molecule has 3 aromatic rings. The van der Waals surface area contributed by atoms with E-state index in [1.165, 1.54) is 16.4 Å². The highest BCUT2D eigenvalue weighted by Crippen LogP contribution is 2.48. The highest BCUT2D eigenvalue weighted by Gasteiger charge is 2.51. The molecule has 0 heterocycles. The predicted molar refractivity (Wildman–Crippen MR) is 118 cm³/mol. The number of amides is 1. The summed E-state index contributed by atoms with van der Waals surface area (Å²) in [5.74, 6) is -0.0505. The van der Waals surface area contributed by atoms with Crippen LogP contribution < -0.4 is 5.32 Å². The van der Waals surface area contributed by atoms with Crippen molar-refractivity contribution in [2.75, 3.05) is 12.4 Å². The van der Waals surface area contributed by atoms with Crippen molar-refractivity contribution in [1.29, 1.82) is 0 Å². The van der Waals surface area contributed by atoms with Gasteiger partial charge in [-0.2, -0.15) is 4.31 Å². The van der Waals surface area contributed by atoms with E-state index >= 15 is 0 Å². The maximum Gasteiger partial charge on any atom is 0.243 e. The number of carbonyl (C=O) groups is 1. The van der Waals surface area contributed by atoms with Gasteiger partial charge in [-0.05, 0) is 48.2 Å². The topological polar surface area (TPSA) is 66.5 Å². The smallest absolute Gasteiger partial charge is 0.243 e. The molecule has 0 saturated heterocycles. The molecule has 30 heavy (non-hydrogen) atoms. The van der Waals surface area contributed by atoms with E-state index in [2.05, 4.69) is 5.32 Å². The summed E-state index contributed by atoms with van der Waals surface area (Å²) in [6.07, 6.45) is 1.64. The number of carbonyl (C=O) groups excluding carboxylic acids is 1. The van der Waals surface area contributed by atoms with Crippen LogP contribution >= 0.6 is 0 Å². The van der Waals surface area contributed by atoms with Gasteiger partial charge in [-0.1, -0.05) is 60.7 Å². The molecular weight excluding hydrogens is 396 g/mol. The molecule has 154 valence electrons. The summed E-state index contributed by atoms with van der Waals surface area (Å²) in [5.41, 5.74) is 2.06. The first-order valence-corrected chi connectivity index (χ1v) is 11.3. The molecule has 1 N–H and O–H groups in total. The average molecular weight is 421 g/mol. The number of hydrogen-bond donors (Lipinski definition) is 1. The molecule has 1 aliphatic rings. The summed E-state index contributed by atoms with van der Waals surface area (Å²) in [6, 6.07) is 25.6. The summed E-state index contributed by atoms with van der Waals surface area (Å²) < 4.78 is 27.0. The van der Waals surface area contributed by atoms with Crippen molar-refractivity contribution in [3.8, 4) is 0 Å². The number of benzene rings is 3. The Kier molecular flexibility index (Phi) is 5.45. The van der Waals surface area contributed by atoms with Crippen molar-refractivity contribution in [2.45, 2.75) is 29.7 Å². The maximum atomic E-state index is 12.9. The first kappa shape index (κ1) is 20.3. The van der Waals surface area contributed by atoms with Gasteiger partial charge in [-0.3, -0.25) is 4.79 Å². The lowest BCUT2D eigenvalue weighted by molar-refractivity contribution is -0.118. The van der Waals surface area contributed by atoms with Gasteiger partial charge in [-0.25, -0.2) is 8.42 Å². The second-order valence-corrected chi connectivity index (χ2v) is 9.72. The zero-order valence-corrected chi connectivity index (χ0v) is 17.6. The van der Waals surface area contributed by atoms with E-state index < -0.39 is 15.4 Å². The fourth-order valence-electron chi connectivity index (χ4n) is 3.60. The summed E-state index contributed by atoms with van der Waals surface area (Å²) in [5, 5.41) is 2.94. The Bertz CT molecular complexity index is 1120. The third kappa shape index (κ3) is 4.01. The van der Waals surface area contributed by atoms with Crippen molar-refractivity contribution >= 4 is 21.6 Å².